The van der Waals surface area contributed by atoms with E-state index in [1.807, 2.05) is 6.07 Å². The van der Waals surface area contributed by atoms with Gasteiger partial charge in [0.05, 0.1) is 12.2 Å². The number of rotatable bonds is 3. The van der Waals surface area contributed by atoms with E-state index in [1.165, 1.54) is 5.56 Å². The second kappa shape index (κ2) is 7.73. The van der Waals surface area contributed by atoms with Crippen molar-refractivity contribution < 1.29 is 5.11 Å². The van der Waals surface area contributed by atoms with Crippen molar-refractivity contribution in [2.24, 2.45) is 0 Å². The first-order chi connectivity index (χ1) is 13.6. The van der Waals surface area contributed by atoms with Crippen LogP contribution in [-0.4, -0.2) is 46.9 Å². The maximum absolute atomic E-state index is 10.6. The highest BCUT2D eigenvalue weighted by Gasteiger charge is 2.41. The third kappa shape index (κ3) is 4.55. The number of phenols is 1. The van der Waals surface area contributed by atoms with Crippen molar-refractivity contribution in [1.82, 2.24) is 21.1 Å². The number of aryl methyl sites for hydroxylation is 1. The highest BCUT2D eigenvalue weighted by atomic mass is 16.3. The zero-order valence-corrected chi connectivity index (χ0v) is 18.7. The SMILES string of the molecule is CN(C1CC(C)(C)NC(C)(C)C1)C1CCC(c2cc3c(cc2O)NCCC3)NN1. The van der Waals surface area contributed by atoms with Crippen molar-refractivity contribution in [3.05, 3.63) is 23.3 Å². The van der Waals surface area contributed by atoms with Gasteiger partial charge in [0.2, 0.25) is 0 Å². The fourth-order valence-electron chi connectivity index (χ4n) is 5.82. The minimum atomic E-state index is 0.146. The molecule has 5 N–H and O–H groups in total. The summed E-state index contributed by atoms with van der Waals surface area (Å²) in [5.74, 6) is 0.395. The second-order valence-electron chi connectivity index (χ2n) is 10.7. The highest BCUT2D eigenvalue weighted by Crippen LogP contribution is 2.37. The number of hydrogen-bond acceptors (Lipinski definition) is 6. The first-order valence-corrected chi connectivity index (χ1v) is 11.3. The number of fused-ring (bicyclic) bond motifs is 1. The van der Waals surface area contributed by atoms with Gasteiger partial charge in [-0.05, 0) is 84.9 Å². The smallest absolute Gasteiger partial charge is 0.122 e. The normalized spacial score (nSPS) is 29.3. The van der Waals surface area contributed by atoms with E-state index in [2.05, 4.69) is 67.2 Å². The van der Waals surface area contributed by atoms with Crippen LogP contribution in [0.3, 0.4) is 0 Å². The van der Waals surface area contributed by atoms with Crippen LogP contribution in [0, 0.1) is 0 Å². The summed E-state index contributed by atoms with van der Waals surface area (Å²) in [7, 11) is 2.25. The quantitative estimate of drug-likeness (QED) is 0.536. The van der Waals surface area contributed by atoms with Gasteiger partial charge < -0.3 is 15.7 Å². The molecule has 6 heteroatoms. The van der Waals surface area contributed by atoms with E-state index in [0.717, 1.165) is 56.3 Å². The van der Waals surface area contributed by atoms with E-state index in [-0.39, 0.29) is 17.1 Å². The topological polar surface area (TPSA) is 71.6 Å². The van der Waals surface area contributed by atoms with E-state index in [4.69, 9.17) is 0 Å². The lowest BCUT2D eigenvalue weighted by atomic mass is 9.79. The van der Waals surface area contributed by atoms with Gasteiger partial charge in [0.25, 0.3) is 0 Å². The number of hydrogen-bond donors (Lipinski definition) is 5. The van der Waals surface area contributed by atoms with Crippen molar-refractivity contribution in [1.29, 1.82) is 0 Å². The van der Waals surface area contributed by atoms with Gasteiger partial charge in [-0.1, -0.05) is 0 Å². The van der Waals surface area contributed by atoms with Crippen molar-refractivity contribution in [3.8, 4) is 5.75 Å². The Labute approximate surface area is 175 Å². The standard InChI is InChI=1S/C23H39N5O/c1-22(2)13-16(14-23(3,4)27-22)28(5)21-9-8-18(25-26-21)17-11-15-7-6-10-24-19(15)12-20(17)29/h11-12,16,18,21,24-27,29H,6-10,13-14H2,1-5H3. The predicted molar refractivity (Wildman–Crippen MR) is 119 cm³/mol. The molecule has 1 aromatic rings. The van der Waals surface area contributed by atoms with E-state index >= 15 is 0 Å². The van der Waals surface area contributed by atoms with Crippen molar-refractivity contribution >= 4 is 5.69 Å². The molecule has 2 saturated heterocycles. The van der Waals surface area contributed by atoms with E-state index in [9.17, 15) is 5.11 Å². The second-order valence-corrected chi connectivity index (χ2v) is 10.7. The summed E-state index contributed by atoms with van der Waals surface area (Å²) in [4.78, 5) is 2.52. The summed E-state index contributed by atoms with van der Waals surface area (Å²) in [6.45, 7) is 10.2. The number of aromatic hydroxyl groups is 1. The van der Waals surface area contributed by atoms with Gasteiger partial charge >= 0.3 is 0 Å². The molecule has 1 aromatic carbocycles. The Bertz CT molecular complexity index is 723. The van der Waals surface area contributed by atoms with Crippen molar-refractivity contribution in [3.63, 3.8) is 0 Å². The summed E-state index contributed by atoms with van der Waals surface area (Å²) in [5, 5.41) is 17.8. The van der Waals surface area contributed by atoms with Crippen LogP contribution < -0.4 is 21.5 Å². The van der Waals surface area contributed by atoms with Gasteiger partial charge in [-0.3, -0.25) is 4.90 Å². The summed E-state index contributed by atoms with van der Waals surface area (Å²) < 4.78 is 0. The fraction of sp³-hybridized carbons (Fsp3) is 0.739. The van der Waals surface area contributed by atoms with Gasteiger partial charge in [0, 0.05) is 41.0 Å². The monoisotopic (exact) mass is 401 g/mol. The number of hydrazine groups is 1. The molecular weight excluding hydrogens is 362 g/mol. The summed E-state index contributed by atoms with van der Waals surface area (Å²) in [5.41, 5.74) is 10.8. The molecule has 3 aliphatic heterocycles. The average Bonchev–Trinajstić information content (AvgIpc) is 2.64. The molecule has 0 amide bonds. The molecule has 0 aliphatic carbocycles. The molecule has 0 spiro atoms. The van der Waals surface area contributed by atoms with Gasteiger partial charge in [0.1, 0.15) is 5.75 Å². The van der Waals surface area contributed by atoms with Crippen molar-refractivity contribution in [2.45, 2.75) is 95.5 Å². The number of phenolic OH excluding ortho intramolecular Hbond substituents is 1. The zero-order valence-electron chi connectivity index (χ0n) is 18.7. The molecular formula is C23H39N5O. The average molecular weight is 402 g/mol. The lowest BCUT2D eigenvalue weighted by Crippen LogP contribution is -2.65. The Balaban J connectivity index is 1.41. The maximum Gasteiger partial charge on any atom is 0.122 e. The maximum atomic E-state index is 10.6. The lowest BCUT2D eigenvalue weighted by molar-refractivity contribution is 0.0253. The van der Waals surface area contributed by atoms with Crippen LogP contribution in [0.4, 0.5) is 5.69 Å². The summed E-state index contributed by atoms with van der Waals surface area (Å²) in [6, 6.07) is 4.79. The fourth-order valence-corrected chi connectivity index (χ4v) is 5.82. The third-order valence-electron chi connectivity index (χ3n) is 6.96. The van der Waals surface area contributed by atoms with Crippen LogP contribution in [0.1, 0.15) is 77.0 Å². The van der Waals surface area contributed by atoms with E-state index in [1.54, 1.807) is 0 Å². The summed E-state index contributed by atoms with van der Waals surface area (Å²) >= 11 is 0. The highest BCUT2D eigenvalue weighted by molar-refractivity contribution is 5.59. The minimum absolute atomic E-state index is 0.146. The van der Waals surface area contributed by atoms with Crippen LogP contribution in [0.25, 0.3) is 0 Å². The first-order valence-electron chi connectivity index (χ1n) is 11.3. The molecule has 0 saturated carbocycles. The molecule has 2 fully saturated rings. The van der Waals surface area contributed by atoms with Crippen LogP contribution >= 0.6 is 0 Å². The molecule has 6 nitrogen and oxygen atoms in total. The molecule has 0 aromatic heterocycles. The van der Waals surface area contributed by atoms with E-state index in [0.29, 0.717) is 18.0 Å². The molecule has 29 heavy (non-hydrogen) atoms. The Morgan fingerprint density at radius 1 is 1.03 bits per heavy atom. The lowest BCUT2D eigenvalue weighted by Gasteiger charge is -2.51. The molecule has 162 valence electrons. The number of piperidine rings is 1. The minimum Gasteiger partial charge on any atom is -0.508 e. The molecule has 3 aliphatic rings. The number of benzene rings is 1. The zero-order chi connectivity index (χ0) is 20.8. The Hall–Kier alpha value is -1.34. The van der Waals surface area contributed by atoms with Crippen LogP contribution in [0.2, 0.25) is 0 Å². The Morgan fingerprint density at radius 3 is 2.41 bits per heavy atom. The molecule has 3 heterocycles. The van der Waals surface area contributed by atoms with E-state index < -0.39 is 0 Å². The Morgan fingerprint density at radius 2 is 1.76 bits per heavy atom. The van der Waals surface area contributed by atoms with Crippen molar-refractivity contribution in [2.75, 3.05) is 18.9 Å². The number of nitrogens with zero attached hydrogens (tertiary/aromatic N) is 1. The van der Waals surface area contributed by atoms with Crippen LogP contribution in [0.15, 0.2) is 12.1 Å². The first kappa shape index (κ1) is 20.9. The van der Waals surface area contributed by atoms with Crippen LogP contribution in [0.5, 0.6) is 5.75 Å². The van der Waals surface area contributed by atoms with Gasteiger partial charge in [-0.25, -0.2) is 10.9 Å². The van der Waals surface area contributed by atoms with Gasteiger partial charge in [0.15, 0.2) is 0 Å². The molecule has 4 rings (SSSR count). The molecule has 0 bridgehead atoms. The van der Waals surface area contributed by atoms with Gasteiger partial charge in [-0.15, -0.1) is 0 Å². The number of nitrogens with one attached hydrogen (secondary N) is 4. The molecule has 0 radical (unpaired) electrons. The predicted octanol–water partition coefficient (Wildman–Crippen LogP) is 3.25. The molecule has 2 unspecified atom stereocenters. The Kier molecular flexibility index (Phi) is 5.57. The van der Waals surface area contributed by atoms with Gasteiger partial charge in [-0.2, -0.15) is 0 Å². The van der Waals surface area contributed by atoms with Crippen LogP contribution in [-0.2, 0) is 6.42 Å². The number of anilines is 1. The largest absolute Gasteiger partial charge is 0.508 e. The summed E-state index contributed by atoms with van der Waals surface area (Å²) in [6.07, 6.45) is 6.92. The third-order valence-corrected chi connectivity index (χ3v) is 6.96. The molecule has 2 atom stereocenters.